The van der Waals surface area contributed by atoms with Gasteiger partial charge in [0.05, 0.1) is 19.3 Å². The quantitative estimate of drug-likeness (QED) is 0.228. The highest BCUT2D eigenvalue weighted by Crippen LogP contribution is 2.14. The maximum Gasteiger partial charge on any atom is 0.337 e. The molecule has 1 aromatic rings. The van der Waals surface area contributed by atoms with E-state index in [1.165, 1.54) is 26.9 Å². The minimum atomic E-state index is -0.935. The molecule has 0 amide bonds. The number of esters is 2. The second kappa shape index (κ2) is 20.2. The Hall–Kier alpha value is -3.41. The number of unbranched alkanes of at least 4 members (excludes halogenated alkanes) is 1. The molecule has 0 saturated heterocycles. The minimum absolute atomic E-state index is 0.176. The topological polar surface area (TPSA) is 89.9 Å². The summed E-state index contributed by atoms with van der Waals surface area (Å²) in [4.78, 5) is 31.7. The van der Waals surface area contributed by atoms with E-state index in [0.29, 0.717) is 23.7 Å². The van der Waals surface area contributed by atoms with Gasteiger partial charge in [0, 0.05) is 11.1 Å². The van der Waals surface area contributed by atoms with Crippen LogP contribution in [0.15, 0.2) is 72.9 Å². The summed E-state index contributed by atoms with van der Waals surface area (Å²) >= 11 is 0. The largest absolute Gasteiger partial charge is 0.478 e. The molecule has 0 radical (unpaired) electrons. The van der Waals surface area contributed by atoms with E-state index >= 15 is 0 Å². The number of carbonyl (C=O) groups is 3. The maximum atomic E-state index is 11.9. The van der Waals surface area contributed by atoms with E-state index in [9.17, 15) is 14.4 Å². The smallest absolute Gasteiger partial charge is 0.337 e. The maximum absolute atomic E-state index is 11.9. The van der Waals surface area contributed by atoms with Gasteiger partial charge in [0.1, 0.15) is 0 Å². The zero-order chi connectivity index (χ0) is 26.5. The van der Waals surface area contributed by atoms with Crippen LogP contribution in [0.3, 0.4) is 0 Å². The highest BCUT2D eigenvalue weighted by atomic mass is 16.5. The van der Waals surface area contributed by atoms with Crippen molar-refractivity contribution in [3.8, 4) is 0 Å². The molecule has 6 nitrogen and oxygen atoms in total. The van der Waals surface area contributed by atoms with Gasteiger partial charge in [-0.25, -0.2) is 14.4 Å². The Labute approximate surface area is 204 Å². The van der Waals surface area contributed by atoms with Crippen LogP contribution >= 0.6 is 0 Å². The van der Waals surface area contributed by atoms with Gasteiger partial charge in [-0.1, -0.05) is 89.3 Å². The first-order valence-corrected chi connectivity index (χ1v) is 11.2. The Morgan fingerprint density at radius 3 is 1.94 bits per heavy atom. The normalized spacial score (nSPS) is 10.5. The number of carbonyl (C=O) groups excluding carboxylic acids is 2. The van der Waals surface area contributed by atoms with E-state index in [-0.39, 0.29) is 17.5 Å². The first-order chi connectivity index (χ1) is 16.0. The summed E-state index contributed by atoms with van der Waals surface area (Å²) in [5.41, 5.74) is 2.04. The molecule has 0 aliphatic heterocycles. The highest BCUT2D eigenvalue weighted by molar-refractivity contribution is 5.92. The third-order valence-corrected chi connectivity index (χ3v) is 4.43. The van der Waals surface area contributed by atoms with Gasteiger partial charge >= 0.3 is 17.9 Å². The van der Waals surface area contributed by atoms with Crippen LogP contribution in [0.2, 0.25) is 0 Å². The van der Waals surface area contributed by atoms with Gasteiger partial charge in [-0.15, -0.1) is 0 Å². The average Bonchev–Trinajstić information content (AvgIpc) is 2.83. The zero-order valence-electron chi connectivity index (χ0n) is 21.3. The Balaban J connectivity index is 0. The predicted octanol–water partition coefficient (Wildman–Crippen LogP) is 6.40. The van der Waals surface area contributed by atoms with Crippen molar-refractivity contribution < 1.29 is 29.0 Å². The van der Waals surface area contributed by atoms with Crippen molar-refractivity contribution >= 4 is 24.0 Å². The Kier molecular flexibility index (Phi) is 19.5. The summed E-state index contributed by atoms with van der Waals surface area (Å²) in [5, 5.41) is 7.89. The Morgan fingerprint density at radius 1 is 1.00 bits per heavy atom. The molecule has 0 heterocycles. The number of ether oxygens (including phenoxy) is 2. The molecule has 1 rings (SSSR count). The highest BCUT2D eigenvalue weighted by Gasteiger charge is 2.11. The van der Waals surface area contributed by atoms with Crippen molar-refractivity contribution in [2.75, 3.05) is 13.7 Å². The first kappa shape index (κ1) is 32.8. The molecule has 1 aromatic carbocycles. The second-order valence-corrected chi connectivity index (χ2v) is 7.64. The molecule has 6 heteroatoms. The lowest BCUT2D eigenvalue weighted by Crippen LogP contribution is -2.14. The van der Waals surface area contributed by atoms with Crippen LogP contribution in [0.1, 0.15) is 58.9 Å². The number of carboxylic acid groups (broad SMARTS) is 1. The van der Waals surface area contributed by atoms with Crippen molar-refractivity contribution in [2.45, 2.75) is 53.4 Å². The van der Waals surface area contributed by atoms with Crippen LogP contribution in [0.25, 0.3) is 6.08 Å². The number of carboxylic acids is 1. The number of hydrogen-bond donors (Lipinski definition) is 1. The molecule has 1 N–H and O–H groups in total. The number of benzene rings is 1. The number of rotatable bonds is 11. The van der Waals surface area contributed by atoms with Crippen LogP contribution in [0, 0.1) is 5.92 Å². The molecule has 1 unspecified atom stereocenters. The van der Waals surface area contributed by atoms with Gasteiger partial charge in [-0.2, -0.15) is 0 Å². The van der Waals surface area contributed by atoms with Gasteiger partial charge < -0.3 is 14.6 Å². The number of methoxy groups -OCH3 is 1. The molecular weight excluding hydrogens is 432 g/mol. The summed E-state index contributed by atoms with van der Waals surface area (Å²) < 4.78 is 9.63. The van der Waals surface area contributed by atoms with Crippen LogP contribution in [-0.2, 0) is 23.9 Å². The average molecular weight is 473 g/mol. The van der Waals surface area contributed by atoms with Crippen LogP contribution in [0.4, 0.5) is 0 Å². The predicted molar refractivity (Wildman–Crippen MR) is 138 cm³/mol. The van der Waals surface area contributed by atoms with Gasteiger partial charge in [-0.3, -0.25) is 0 Å². The molecule has 0 spiro atoms. The fraction of sp³-hybridized carbons (Fsp3) is 0.393. The summed E-state index contributed by atoms with van der Waals surface area (Å²) in [6.07, 6.45) is 8.11. The van der Waals surface area contributed by atoms with Crippen molar-refractivity contribution in [3.05, 3.63) is 78.4 Å². The van der Waals surface area contributed by atoms with E-state index in [1.54, 1.807) is 13.0 Å². The van der Waals surface area contributed by atoms with Gasteiger partial charge in [-0.05, 0) is 37.8 Å². The van der Waals surface area contributed by atoms with Gasteiger partial charge in [0.25, 0.3) is 0 Å². The lowest BCUT2D eigenvalue weighted by atomic mass is 10.0. The second-order valence-electron chi connectivity index (χ2n) is 7.64. The standard InChI is InChI=1S/C19H26O2.C5H8O2.C4H6O2/c1-4-6-10-17(5-2)15-21-19(20)16(3)13-14-18-11-8-7-9-12-18;1-4(2)5(6)7-3;1-3(2)4(5)6/h7-9,11-14,17H,3-6,10,15H2,1-2H3;1H2,2-3H3;1H2,2H3,(H,5,6). The van der Waals surface area contributed by atoms with Crippen molar-refractivity contribution in [3.63, 3.8) is 0 Å². The third kappa shape index (κ3) is 18.2. The van der Waals surface area contributed by atoms with Crippen molar-refractivity contribution in [1.29, 1.82) is 0 Å². The molecule has 0 aromatic heterocycles. The Bertz CT molecular complexity index is 809. The molecule has 34 heavy (non-hydrogen) atoms. The van der Waals surface area contributed by atoms with Crippen LogP contribution in [0.5, 0.6) is 0 Å². The SMILES string of the molecule is C=C(C)C(=O)O.C=C(C)C(=O)OC.C=C(C=Cc1ccccc1)C(=O)OCC(CC)CCCC. The summed E-state index contributed by atoms with van der Waals surface area (Å²) in [7, 11) is 1.33. The van der Waals surface area contributed by atoms with E-state index in [4.69, 9.17) is 9.84 Å². The first-order valence-electron chi connectivity index (χ1n) is 11.2. The molecule has 188 valence electrons. The van der Waals surface area contributed by atoms with Crippen LogP contribution in [-0.4, -0.2) is 36.7 Å². The summed E-state index contributed by atoms with van der Waals surface area (Å²) in [5.74, 6) is -1.15. The molecule has 0 bridgehead atoms. The summed E-state index contributed by atoms with van der Waals surface area (Å²) in [6.45, 7) is 18.1. The van der Waals surface area contributed by atoms with Crippen molar-refractivity contribution in [2.24, 2.45) is 5.92 Å². The molecule has 0 aliphatic carbocycles. The molecule has 0 aliphatic rings. The minimum Gasteiger partial charge on any atom is -0.478 e. The molecular formula is C28H40O6. The third-order valence-electron chi connectivity index (χ3n) is 4.43. The molecule has 0 saturated carbocycles. The molecule has 1 atom stereocenters. The van der Waals surface area contributed by atoms with Crippen LogP contribution < -0.4 is 0 Å². The fourth-order valence-electron chi connectivity index (χ4n) is 2.19. The van der Waals surface area contributed by atoms with E-state index in [0.717, 1.165) is 18.4 Å². The van der Waals surface area contributed by atoms with E-state index in [1.807, 2.05) is 36.4 Å². The van der Waals surface area contributed by atoms with Crippen molar-refractivity contribution in [1.82, 2.24) is 0 Å². The molecule has 0 fully saturated rings. The lowest BCUT2D eigenvalue weighted by Gasteiger charge is -2.14. The lowest BCUT2D eigenvalue weighted by molar-refractivity contribution is -0.140. The zero-order valence-corrected chi connectivity index (χ0v) is 21.3. The summed E-state index contributed by atoms with van der Waals surface area (Å²) in [6, 6.07) is 9.84. The van der Waals surface area contributed by atoms with Gasteiger partial charge in [0.2, 0.25) is 0 Å². The Morgan fingerprint density at radius 2 is 1.56 bits per heavy atom. The fourth-order valence-corrected chi connectivity index (χ4v) is 2.19. The van der Waals surface area contributed by atoms with E-state index in [2.05, 4.69) is 38.3 Å². The van der Waals surface area contributed by atoms with Gasteiger partial charge in [0.15, 0.2) is 0 Å². The van der Waals surface area contributed by atoms with E-state index < -0.39 is 5.97 Å². The monoisotopic (exact) mass is 472 g/mol. The number of hydrogen-bond acceptors (Lipinski definition) is 5. The number of aliphatic carboxylic acids is 1.